The topological polar surface area (TPSA) is 52.2 Å². The third-order valence-corrected chi connectivity index (χ3v) is 4.63. The van der Waals surface area contributed by atoms with Crippen molar-refractivity contribution in [2.45, 2.75) is 16.5 Å². The lowest BCUT2D eigenvalue weighted by molar-refractivity contribution is 0.624. The third kappa shape index (κ3) is 3.18. The molecule has 124 valence electrons. The zero-order chi connectivity index (χ0) is 17.2. The Morgan fingerprint density at radius 1 is 1.08 bits per heavy atom. The predicted octanol–water partition coefficient (Wildman–Crippen LogP) is 3.23. The second-order valence-corrected chi connectivity index (χ2v) is 6.47. The molecule has 25 heavy (non-hydrogen) atoms. The zero-order valence-corrected chi connectivity index (χ0v) is 13.9. The van der Waals surface area contributed by atoms with Crippen molar-refractivity contribution in [1.82, 2.24) is 19.2 Å². The van der Waals surface area contributed by atoms with E-state index in [1.54, 1.807) is 24.5 Å². The molecular weight excluding hydrogens is 339 g/mol. The highest BCUT2D eigenvalue weighted by molar-refractivity contribution is 7.99. The number of benzene rings is 2. The molecule has 0 amide bonds. The number of hydrogen-bond donors (Lipinski definition) is 0. The number of rotatable bonds is 4. The largest absolute Gasteiger partial charge is 0.350 e. The van der Waals surface area contributed by atoms with Crippen LogP contribution in [0.3, 0.4) is 0 Å². The lowest BCUT2D eigenvalue weighted by atomic mass is 10.2. The minimum absolute atomic E-state index is 0.234. The van der Waals surface area contributed by atoms with E-state index in [-0.39, 0.29) is 11.5 Å². The number of hydrogen-bond acceptors (Lipinski definition) is 4. The molecular formula is C18H13FN4OS. The highest BCUT2D eigenvalue weighted by Crippen LogP contribution is 2.28. The molecule has 0 saturated heterocycles. The van der Waals surface area contributed by atoms with E-state index in [2.05, 4.69) is 10.1 Å². The van der Waals surface area contributed by atoms with E-state index < -0.39 is 0 Å². The molecule has 0 fully saturated rings. The molecule has 7 heteroatoms. The molecule has 0 spiro atoms. The number of aromatic nitrogens is 4. The summed E-state index contributed by atoms with van der Waals surface area (Å²) in [7, 11) is 0. The van der Waals surface area contributed by atoms with Crippen molar-refractivity contribution in [3.05, 3.63) is 88.9 Å². The summed E-state index contributed by atoms with van der Waals surface area (Å²) in [5, 5.41) is 4.97. The summed E-state index contributed by atoms with van der Waals surface area (Å²) in [6.07, 6.45) is 3.13. The van der Waals surface area contributed by atoms with Gasteiger partial charge in [0.05, 0.1) is 6.54 Å². The standard InChI is InChI=1S/C18H13FN4OS/c19-14-7-4-8-15(11-14)25-17-16-21-23(12-13-5-2-1-3-6-13)18(24)22(16)10-9-20-17/h1-11H,12H2. The molecule has 2 aromatic carbocycles. The summed E-state index contributed by atoms with van der Waals surface area (Å²) < 4.78 is 16.2. The summed E-state index contributed by atoms with van der Waals surface area (Å²) in [6, 6.07) is 15.9. The lowest BCUT2D eigenvalue weighted by Crippen LogP contribution is -2.21. The van der Waals surface area contributed by atoms with Crippen molar-refractivity contribution >= 4 is 17.4 Å². The fourth-order valence-electron chi connectivity index (χ4n) is 2.50. The van der Waals surface area contributed by atoms with E-state index in [4.69, 9.17) is 0 Å². The molecule has 0 unspecified atom stereocenters. The van der Waals surface area contributed by atoms with Gasteiger partial charge in [0.1, 0.15) is 10.8 Å². The van der Waals surface area contributed by atoms with Crippen LogP contribution in [-0.4, -0.2) is 19.2 Å². The van der Waals surface area contributed by atoms with Gasteiger partial charge in [-0.3, -0.25) is 0 Å². The second kappa shape index (κ2) is 6.52. The highest BCUT2D eigenvalue weighted by Gasteiger charge is 2.13. The Bertz CT molecular complexity index is 1090. The smallest absolute Gasteiger partial charge is 0.246 e. The Morgan fingerprint density at radius 3 is 2.72 bits per heavy atom. The van der Waals surface area contributed by atoms with Crippen LogP contribution >= 0.6 is 11.8 Å². The van der Waals surface area contributed by atoms with Crippen LogP contribution in [-0.2, 0) is 6.54 Å². The molecule has 0 N–H and O–H groups in total. The van der Waals surface area contributed by atoms with Gasteiger partial charge in [-0.15, -0.1) is 5.10 Å². The summed E-state index contributed by atoms with van der Waals surface area (Å²) >= 11 is 1.27. The van der Waals surface area contributed by atoms with E-state index in [0.29, 0.717) is 22.1 Å². The molecule has 4 rings (SSSR count). The lowest BCUT2D eigenvalue weighted by Gasteiger charge is -2.01. The maximum absolute atomic E-state index is 13.4. The Morgan fingerprint density at radius 2 is 1.92 bits per heavy atom. The fourth-order valence-corrected chi connectivity index (χ4v) is 3.38. The molecule has 2 aromatic heterocycles. The normalized spacial score (nSPS) is 11.1. The molecule has 0 radical (unpaired) electrons. The molecule has 0 aliphatic heterocycles. The van der Waals surface area contributed by atoms with Crippen LogP contribution in [0, 0.1) is 5.82 Å². The molecule has 5 nitrogen and oxygen atoms in total. The molecule has 0 aliphatic carbocycles. The first-order chi connectivity index (χ1) is 12.2. The number of fused-ring (bicyclic) bond motifs is 1. The van der Waals surface area contributed by atoms with Crippen LogP contribution < -0.4 is 5.69 Å². The quantitative estimate of drug-likeness (QED) is 0.566. The molecule has 0 atom stereocenters. The van der Waals surface area contributed by atoms with Crippen LogP contribution in [0.1, 0.15) is 5.56 Å². The first-order valence-electron chi connectivity index (χ1n) is 7.62. The molecule has 2 heterocycles. The van der Waals surface area contributed by atoms with Crippen LogP contribution in [0.4, 0.5) is 4.39 Å². The molecule has 0 aliphatic rings. The Labute approximate surface area is 146 Å². The van der Waals surface area contributed by atoms with E-state index in [9.17, 15) is 9.18 Å². The van der Waals surface area contributed by atoms with Crippen molar-refractivity contribution in [2.75, 3.05) is 0 Å². The molecule has 0 saturated carbocycles. The van der Waals surface area contributed by atoms with Crippen molar-refractivity contribution < 1.29 is 4.39 Å². The van der Waals surface area contributed by atoms with Crippen LogP contribution in [0.15, 0.2) is 81.7 Å². The summed E-state index contributed by atoms with van der Waals surface area (Å²) in [4.78, 5) is 17.6. The summed E-state index contributed by atoms with van der Waals surface area (Å²) in [5.41, 5.74) is 1.21. The zero-order valence-electron chi connectivity index (χ0n) is 13.0. The Hall–Kier alpha value is -2.93. The molecule has 4 aromatic rings. The average Bonchev–Trinajstić information content (AvgIpc) is 2.93. The molecule has 0 bridgehead atoms. The SMILES string of the molecule is O=c1n(Cc2ccccc2)nc2c(Sc3cccc(F)c3)nccn12. The van der Waals surface area contributed by atoms with E-state index >= 15 is 0 Å². The Kier molecular flexibility index (Phi) is 4.07. The van der Waals surface area contributed by atoms with Crippen LogP contribution in [0.5, 0.6) is 0 Å². The second-order valence-electron chi connectivity index (χ2n) is 5.41. The maximum Gasteiger partial charge on any atom is 0.350 e. The first-order valence-corrected chi connectivity index (χ1v) is 8.44. The van der Waals surface area contributed by atoms with Crippen molar-refractivity contribution in [1.29, 1.82) is 0 Å². The van der Waals surface area contributed by atoms with Gasteiger partial charge in [0.2, 0.25) is 0 Å². The van der Waals surface area contributed by atoms with E-state index in [1.165, 1.54) is 33.0 Å². The maximum atomic E-state index is 13.4. The van der Waals surface area contributed by atoms with E-state index in [0.717, 1.165) is 5.56 Å². The van der Waals surface area contributed by atoms with Gasteiger partial charge in [0.25, 0.3) is 0 Å². The fraction of sp³-hybridized carbons (Fsp3) is 0.0556. The number of nitrogens with zero attached hydrogens (tertiary/aromatic N) is 4. The van der Waals surface area contributed by atoms with E-state index in [1.807, 2.05) is 30.3 Å². The highest BCUT2D eigenvalue weighted by atomic mass is 32.2. The van der Waals surface area contributed by atoms with Gasteiger partial charge in [0, 0.05) is 17.3 Å². The van der Waals surface area contributed by atoms with Gasteiger partial charge >= 0.3 is 5.69 Å². The van der Waals surface area contributed by atoms with Crippen LogP contribution in [0.25, 0.3) is 5.65 Å². The van der Waals surface area contributed by atoms with Gasteiger partial charge in [0.15, 0.2) is 5.65 Å². The van der Waals surface area contributed by atoms with Gasteiger partial charge in [-0.25, -0.2) is 23.3 Å². The average molecular weight is 352 g/mol. The summed E-state index contributed by atoms with van der Waals surface area (Å²) in [6.45, 7) is 0.380. The first kappa shape index (κ1) is 15.6. The Balaban J connectivity index is 1.74. The van der Waals surface area contributed by atoms with Crippen molar-refractivity contribution in [2.24, 2.45) is 0 Å². The van der Waals surface area contributed by atoms with Gasteiger partial charge in [-0.1, -0.05) is 48.2 Å². The van der Waals surface area contributed by atoms with Gasteiger partial charge < -0.3 is 0 Å². The third-order valence-electron chi connectivity index (χ3n) is 3.66. The van der Waals surface area contributed by atoms with Crippen LogP contribution in [0.2, 0.25) is 0 Å². The van der Waals surface area contributed by atoms with Crippen molar-refractivity contribution in [3.63, 3.8) is 0 Å². The van der Waals surface area contributed by atoms with Crippen molar-refractivity contribution in [3.8, 4) is 0 Å². The number of halogens is 1. The predicted molar refractivity (Wildman–Crippen MR) is 93.3 cm³/mol. The minimum atomic E-state index is -0.316. The van der Waals surface area contributed by atoms with Gasteiger partial charge in [-0.05, 0) is 23.8 Å². The summed E-state index contributed by atoms with van der Waals surface area (Å²) in [5.74, 6) is -0.316. The minimum Gasteiger partial charge on any atom is -0.246 e. The monoisotopic (exact) mass is 352 g/mol. The van der Waals surface area contributed by atoms with Gasteiger partial charge in [-0.2, -0.15) is 0 Å².